The first kappa shape index (κ1) is 11.9. The molecule has 5 heteroatoms. The molecule has 0 radical (unpaired) electrons. The van der Waals surface area contributed by atoms with Crippen LogP contribution in [0.4, 0.5) is 4.39 Å². The first-order valence-corrected chi connectivity index (χ1v) is 4.86. The summed E-state index contributed by atoms with van der Waals surface area (Å²) in [5, 5.41) is 5.81. The van der Waals surface area contributed by atoms with E-state index in [1.165, 1.54) is 18.2 Å². The highest BCUT2D eigenvalue weighted by atomic mass is 35.5. The third-order valence-corrected chi connectivity index (χ3v) is 2.26. The highest BCUT2D eigenvalue weighted by Gasteiger charge is 2.02. The molecule has 1 aromatic carbocycles. The summed E-state index contributed by atoms with van der Waals surface area (Å²) in [5.41, 5.74) is 0.639. The van der Waals surface area contributed by atoms with E-state index >= 15 is 0 Å². The Labute approximate surface area is 92.6 Å². The lowest BCUT2D eigenvalue weighted by Gasteiger charge is -2.06. The highest BCUT2D eigenvalue weighted by molar-refractivity contribution is 6.31. The van der Waals surface area contributed by atoms with E-state index in [1.54, 1.807) is 7.05 Å². The van der Waals surface area contributed by atoms with Gasteiger partial charge in [-0.1, -0.05) is 11.6 Å². The van der Waals surface area contributed by atoms with Crippen LogP contribution >= 0.6 is 11.6 Å². The second kappa shape index (κ2) is 5.68. The van der Waals surface area contributed by atoms with E-state index in [9.17, 15) is 9.18 Å². The normalized spacial score (nSPS) is 10.1. The maximum absolute atomic E-state index is 12.8. The molecule has 0 aliphatic heterocycles. The Morgan fingerprint density at radius 1 is 1.53 bits per heavy atom. The van der Waals surface area contributed by atoms with Crippen molar-refractivity contribution in [1.82, 2.24) is 10.6 Å². The SMILES string of the molecule is CNC(=O)CNCc1cc(F)ccc1Cl. The van der Waals surface area contributed by atoms with Gasteiger partial charge < -0.3 is 10.6 Å². The van der Waals surface area contributed by atoms with Gasteiger partial charge in [0.1, 0.15) is 5.82 Å². The van der Waals surface area contributed by atoms with E-state index in [-0.39, 0.29) is 18.3 Å². The Balaban J connectivity index is 2.50. The van der Waals surface area contributed by atoms with Crippen molar-refractivity contribution in [3.63, 3.8) is 0 Å². The molecule has 0 aromatic heterocycles. The third kappa shape index (κ3) is 3.85. The molecule has 0 aliphatic rings. The zero-order valence-corrected chi connectivity index (χ0v) is 9.07. The zero-order chi connectivity index (χ0) is 11.3. The molecule has 2 N–H and O–H groups in total. The van der Waals surface area contributed by atoms with Crippen LogP contribution in [-0.2, 0) is 11.3 Å². The van der Waals surface area contributed by atoms with Gasteiger partial charge in [-0.2, -0.15) is 0 Å². The molecular weight excluding hydrogens is 219 g/mol. The number of hydrogen-bond acceptors (Lipinski definition) is 2. The fraction of sp³-hybridized carbons (Fsp3) is 0.300. The Hall–Kier alpha value is -1.13. The molecule has 82 valence electrons. The average Bonchev–Trinajstić information content (AvgIpc) is 2.23. The summed E-state index contributed by atoms with van der Waals surface area (Å²) in [6.07, 6.45) is 0. The smallest absolute Gasteiger partial charge is 0.233 e. The lowest BCUT2D eigenvalue weighted by molar-refractivity contribution is -0.119. The number of benzene rings is 1. The predicted octanol–water partition coefficient (Wildman–Crippen LogP) is 1.31. The minimum atomic E-state index is -0.337. The number of rotatable bonds is 4. The second-order valence-electron chi connectivity index (χ2n) is 3.01. The summed E-state index contributed by atoms with van der Waals surface area (Å²) < 4.78 is 12.8. The quantitative estimate of drug-likeness (QED) is 0.819. The van der Waals surface area contributed by atoms with Crippen LogP contribution < -0.4 is 10.6 Å². The van der Waals surface area contributed by atoms with Crippen LogP contribution in [0.1, 0.15) is 5.56 Å². The molecule has 0 bridgehead atoms. The molecule has 0 saturated carbocycles. The summed E-state index contributed by atoms with van der Waals surface area (Å²) in [6, 6.07) is 4.14. The Morgan fingerprint density at radius 3 is 2.93 bits per heavy atom. The second-order valence-corrected chi connectivity index (χ2v) is 3.42. The van der Waals surface area contributed by atoms with Crippen molar-refractivity contribution < 1.29 is 9.18 Å². The van der Waals surface area contributed by atoms with Crippen molar-refractivity contribution in [3.8, 4) is 0 Å². The first-order chi connectivity index (χ1) is 7.13. The monoisotopic (exact) mass is 230 g/mol. The summed E-state index contributed by atoms with van der Waals surface area (Å²) in [6.45, 7) is 0.549. The predicted molar refractivity (Wildman–Crippen MR) is 57.2 cm³/mol. The molecule has 1 amide bonds. The topological polar surface area (TPSA) is 41.1 Å². The van der Waals surface area contributed by atoms with Gasteiger partial charge in [-0.25, -0.2) is 4.39 Å². The summed E-state index contributed by atoms with van der Waals surface area (Å²) in [5.74, 6) is -0.460. The van der Waals surface area contributed by atoms with Gasteiger partial charge in [-0.3, -0.25) is 4.79 Å². The van der Waals surface area contributed by atoms with Crippen molar-refractivity contribution >= 4 is 17.5 Å². The van der Waals surface area contributed by atoms with Crippen LogP contribution in [0.2, 0.25) is 5.02 Å². The molecule has 0 unspecified atom stereocenters. The zero-order valence-electron chi connectivity index (χ0n) is 8.31. The maximum atomic E-state index is 12.8. The number of carbonyl (C=O) groups is 1. The first-order valence-electron chi connectivity index (χ1n) is 4.48. The molecular formula is C10H12ClFN2O. The fourth-order valence-electron chi connectivity index (χ4n) is 1.08. The molecule has 0 spiro atoms. The molecule has 15 heavy (non-hydrogen) atoms. The van der Waals surface area contributed by atoms with Crippen LogP contribution in [0.3, 0.4) is 0 Å². The summed E-state index contributed by atoms with van der Waals surface area (Å²) in [7, 11) is 1.55. The van der Waals surface area contributed by atoms with E-state index in [4.69, 9.17) is 11.6 Å². The summed E-state index contributed by atoms with van der Waals surface area (Å²) in [4.78, 5) is 10.9. The number of carbonyl (C=O) groups excluding carboxylic acids is 1. The van der Waals surface area contributed by atoms with Gasteiger partial charge in [-0.05, 0) is 23.8 Å². The van der Waals surface area contributed by atoms with Crippen molar-refractivity contribution in [2.45, 2.75) is 6.54 Å². The van der Waals surface area contributed by atoms with Gasteiger partial charge in [0.15, 0.2) is 0 Å². The largest absolute Gasteiger partial charge is 0.358 e. The van der Waals surface area contributed by atoms with Gasteiger partial charge in [0, 0.05) is 18.6 Å². The molecule has 0 atom stereocenters. The number of hydrogen-bond donors (Lipinski definition) is 2. The Bertz CT molecular complexity index is 357. The standard InChI is InChI=1S/C10H12ClFN2O/c1-13-10(15)6-14-5-7-4-8(12)2-3-9(7)11/h2-4,14H,5-6H2,1H3,(H,13,15). The molecule has 0 fully saturated rings. The van der Waals surface area contributed by atoms with Gasteiger partial charge in [0.2, 0.25) is 5.91 Å². The van der Waals surface area contributed by atoms with Crippen LogP contribution in [0.5, 0.6) is 0 Å². The molecule has 1 aromatic rings. The third-order valence-electron chi connectivity index (χ3n) is 1.89. The number of likely N-dealkylation sites (N-methyl/N-ethyl adjacent to an activating group) is 1. The average molecular weight is 231 g/mol. The van der Waals surface area contributed by atoms with Gasteiger partial charge in [-0.15, -0.1) is 0 Å². The van der Waals surface area contributed by atoms with Crippen molar-refractivity contribution in [3.05, 3.63) is 34.6 Å². The van der Waals surface area contributed by atoms with Gasteiger partial charge in [0.05, 0.1) is 6.54 Å². The number of amides is 1. The summed E-state index contributed by atoms with van der Waals surface area (Å²) >= 11 is 5.84. The van der Waals surface area contributed by atoms with Gasteiger partial charge >= 0.3 is 0 Å². The Morgan fingerprint density at radius 2 is 2.27 bits per heavy atom. The Kier molecular flexibility index (Phi) is 4.52. The number of halogens is 2. The minimum Gasteiger partial charge on any atom is -0.358 e. The van der Waals surface area contributed by atoms with E-state index in [2.05, 4.69) is 10.6 Å². The maximum Gasteiger partial charge on any atom is 0.233 e. The molecule has 0 saturated heterocycles. The lowest BCUT2D eigenvalue weighted by atomic mass is 10.2. The van der Waals surface area contributed by atoms with Crippen LogP contribution in [0.25, 0.3) is 0 Å². The molecule has 0 heterocycles. The highest BCUT2D eigenvalue weighted by Crippen LogP contribution is 2.16. The molecule has 0 aliphatic carbocycles. The molecule has 1 rings (SSSR count). The van der Waals surface area contributed by atoms with E-state index in [0.717, 1.165) is 0 Å². The number of nitrogens with one attached hydrogen (secondary N) is 2. The van der Waals surface area contributed by atoms with Crippen molar-refractivity contribution in [2.75, 3.05) is 13.6 Å². The van der Waals surface area contributed by atoms with Gasteiger partial charge in [0.25, 0.3) is 0 Å². The van der Waals surface area contributed by atoms with E-state index < -0.39 is 0 Å². The van der Waals surface area contributed by atoms with Crippen molar-refractivity contribution in [1.29, 1.82) is 0 Å². The lowest BCUT2D eigenvalue weighted by Crippen LogP contribution is -2.31. The van der Waals surface area contributed by atoms with Crippen LogP contribution in [-0.4, -0.2) is 19.5 Å². The fourth-order valence-corrected chi connectivity index (χ4v) is 1.26. The molecule has 3 nitrogen and oxygen atoms in total. The van der Waals surface area contributed by atoms with E-state index in [1.807, 2.05) is 0 Å². The van der Waals surface area contributed by atoms with Crippen LogP contribution in [0, 0.1) is 5.82 Å². The van der Waals surface area contributed by atoms with Crippen LogP contribution in [0.15, 0.2) is 18.2 Å². The van der Waals surface area contributed by atoms with E-state index in [0.29, 0.717) is 17.1 Å². The minimum absolute atomic E-state index is 0.123. The van der Waals surface area contributed by atoms with Crippen molar-refractivity contribution in [2.24, 2.45) is 0 Å².